The van der Waals surface area contributed by atoms with Crippen LogP contribution in [0.3, 0.4) is 0 Å². The second-order valence-electron chi connectivity index (χ2n) is 7.78. The molecule has 0 bridgehead atoms. The Bertz CT molecular complexity index is 749. The maximum atomic E-state index is 12.2. The van der Waals surface area contributed by atoms with Crippen molar-refractivity contribution in [1.82, 2.24) is 19.8 Å². The smallest absolute Gasteiger partial charge is 0.194 e. The highest BCUT2D eigenvalue weighted by atomic mass is 127. The molecular formula is C18H32IN5O2S. The maximum absolute atomic E-state index is 12.2. The third-order valence-electron chi connectivity index (χ3n) is 5.27. The zero-order valence-corrected chi connectivity index (χ0v) is 19.7. The highest BCUT2D eigenvalue weighted by Gasteiger charge is 2.40. The minimum Gasteiger partial charge on any atom is -0.357 e. The van der Waals surface area contributed by atoms with Crippen LogP contribution in [0.5, 0.6) is 0 Å². The van der Waals surface area contributed by atoms with Crippen LogP contribution in [0.4, 0.5) is 0 Å². The Hall–Kier alpha value is -0.840. The third kappa shape index (κ3) is 5.16. The predicted octanol–water partition coefficient (Wildman–Crippen LogP) is 1.85. The molecule has 7 nitrogen and oxygen atoms in total. The molecule has 0 amide bonds. The van der Waals surface area contributed by atoms with Gasteiger partial charge in [0.25, 0.3) is 0 Å². The van der Waals surface area contributed by atoms with E-state index < -0.39 is 14.6 Å². The van der Waals surface area contributed by atoms with Crippen molar-refractivity contribution in [2.75, 3.05) is 31.9 Å². The number of imidazole rings is 1. The van der Waals surface area contributed by atoms with Crippen molar-refractivity contribution in [2.24, 2.45) is 4.99 Å². The van der Waals surface area contributed by atoms with Crippen LogP contribution in [-0.4, -0.2) is 65.5 Å². The number of nitrogens with zero attached hydrogens (tertiary/aromatic N) is 4. The van der Waals surface area contributed by atoms with E-state index in [0.717, 1.165) is 37.6 Å². The number of fused-ring (bicyclic) bond motifs is 1. The number of aliphatic imine (C=N–C) groups is 1. The van der Waals surface area contributed by atoms with Crippen molar-refractivity contribution < 1.29 is 8.42 Å². The molecule has 2 aliphatic rings. The van der Waals surface area contributed by atoms with Crippen LogP contribution in [0.15, 0.2) is 11.2 Å². The van der Waals surface area contributed by atoms with Gasteiger partial charge in [0.15, 0.2) is 15.8 Å². The number of sulfone groups is 1. The number of rotatable bonds is 4. The van der Waals surface area contributed by atoms with E-state index in [1.54, 1.807) is 13.8 Å². The van der Waals surface area contributed by atoms with Gasteiger partial charge in [-0.25, -0.2) is 13.4 Å². The topological polar surface area (TPSA) is 79.6 Å². The minimum atomic E-state index is -3.05. The lowest BCUT2D eigenvalue weighted by molar-refractivity contribution is 0.353. The van der Waals surface area contributed by atoms with Crippen LogP contribution in [0.1, 0.15) is 45.1 Å². The maximum Gasteiger partial charge on any atom is 0.194 e. The third-order valence-corrected chi connectivity index (χ3v) is 7.80. The van der Waals surface area contributed by atoms with E-state index >= 15 is 0 Å². The van der Waals surface area contributed by atoms with E-state index in [-0.39, 0.29) is 29.7 Å². The fourth-order valence-electron chi connectivity index (χ4n) is 3.62. The Morgan fingerprint density at radius 1 is 1.33 bits per heavy atom. The Morgan fingerprint density at radius 2 is 2.11 bits per heavy atom. The highest BCUT2D eigenvalue weighted by Crippen LogP contribution is 2.23. The lowest BCUT2D eigenvalue weighted by atomic mass is 10.2. The molecule has 1 aromatic heterocycles. The summed E-state index contributed by atoms with van der Waals surface area (Å²) in [4.78, 5) is 11.5. The monoisotopic (exact) mass is 509 g/mol. The molecule has 0 spiro atoms. The van der Waals surface area contributed by atoms with Gasteiger partial charge in [0, 0.05) is 51.8 Å². The molecule has 2 aliphatic heterocycles. The van der Waals surface area contributed by atoms with E-state index in [4.69, 9.17) is 9.98 Å². The molecule has 3 rings (SSSR count). The predicted molar refractivity (Wildman–Crippen MR) is 120 cm³/mol. The summed E-state index contributed by atoms with van der Waals surface area (Å²) in [5, 5.41) is 3.31. The average Bonchev–Trinajstić information content (AvgIpc) is 2.99. The summed E-state index contributed by atoms with van der Waals surface area (Å²) in [6, 6.07) is 0. The van der Waals surface area contributed by atoms with Crippen molar-refractivity contribution in [2.45, 2.75) is 57.7 Å². The van der Waals surface area contributed by atoms with Crippen molar-refractivity contribution in [3.63, 3.8) is 0 Å². The number of halogens is 1. The zero-order valence-electron chi connectivity index (χ0n) is 16.6. The number of hydrogen-bond acceptors (Lipinski definition) is 4. The lowest BCUT2D eigenvalue weighted by Crippen LogP contribution is -2.57. The molecule has 9 heteroatoms. The standard InChI is InChI=1S/C18H31N5O2S.HI/c1-4-19-17(23-11-12-26(24,25)18(2,3)14-23)20-9-8-15-13-22-10-6-5-7-16(22)21-15;/h13H,4-12,14H2,1-3H3,(H,19,20);1H. The van der Waals surface area contributed by atoms with Crippen molar-refractivity contribution in [3.05, 3.63) is 17.7 Å². The van der Waals surface area contributed by atoms with Crippen LogP contribution in [0.25, 0.3) is 0 Å². The molecule has 1 N–H and O–H groups in total. The van der Waals surface area contributed by atoms with E-state index in [1.807, 2.05) is 6.92 Å². The SMILES string of the molecule is CCNC(=NCCc1cn2c(n1)CCCC2)N1CCS(=O)(=O)C(C)(C)C1.I. The van der Waals surface area contributed by atoms with Crippen molar-refractivity contribution in [3.8, 4) is 0 Å². The molecule has 0 radical (unpaired) electrons. The van der Waals surface area contributed by atoms with Crippen LogP contribution in [0, 0.1) is 0 Å². The second kappa shape index (κ2) is 9.11. The van der Waals surface area contributed by atoms with Crippen molar-refractivity contribution >= 4 is 39.8 Å². The van der Waals surface area contributed by atoms with E-state index in [2.05, 4.69) is 21.0 Å². The summed E-state index contributed by atoms with van der Waals surface area (Å²) < 4.78 is 26.0. The molecular weight excluding hydrogens is 477 g/mol. The summed E-state index contributed by atoms with van der Waals surface area (Å²) in [6.07, 6.45) is 6.51. The summed E-state index contributed by atoms with van der Waals surface area (Å²) in [7, 11) is -3.05. The first-order valence-corrected chi connectivity index (χ1v) is 11.3. The summed E-state index contributed by atoms with van der Waals surface area (Å²) in [5.74, 6) is 2.18. The molecule has 3 heterocycles. The van der Waals surface area contributed by atoms with Crippen molar-refractivity contribution in [1.29, 1.82) is 0 Å². The number of hydrogen-bond donors (Lipinski definition) is 1. The molecule has 27 heavy (non-hydrogen) atoms. The van der Waals surface area contributed by atoms with Gasteiger partial charge in [0.2, 0.25) is 0 Å². The Kier molecular flexibility index (Phi) is 7.57. The van der Waals surface area contributed by atoms with Gasteiger partial charge in [-0.3, -0.25) is 4.99 Å². The number of nitrogens with one attached hydrogen (secondary N) is 1. The molecule has 154 valence electrons. The van der Waals surface area contributed by atoms with E-state index in [1.165, 1.54) is 18.7 Å². The van der Waals surface area contributed by atoms with Crippen LogP contribution >= 0.6 is 24.0 Å². The van der Waals surface area contributed by atoms with Crippen LogP contribution < -0.4 is 5.32 Å². The van der Waals surface area contributed by atoms with Crippen LogP contribution in [-0.2, 0) is 29.2 Å². The van der Waals surface area contributed by atoms with Gasteiger partial charge in [-0.1, -0.05) is 0 Å². The summed E-state index contributed by atoms with van der Waals surface area (Å²) in [5.41, 5.74) is 1.10. The zero-order chi connectivity index (χ0) is 18.8. The van der Waals surface area contributed by atoms with Gasteiger partial charge in [-0.15, -0.1) is 24.0 Å². The number of aromatic nitrogens is 2. The molecule has 1 aromatic rings. The average molecular weight is 509 g/mol. The van der Waals surface area contributed by atoms with Gasteiger partial charge in [0.1, 0.15) is 5.82 Å². The lowest BCUT2D eigenvalue weighted by Gasteiger charge is -2.39. The first-order valence-electron chi connectivity index (χ1n) is 9.63. The molecule has 0 aliphatic carbocycles. The fourth-order valence-corrected chi connectivity index (χ4v) is 4.98. The van der Waals surface area contributed by atoms with Gasteiger partial charge in [0.05, 0.1) is 16.2 Å². The second-order valence-corrected chi connectivity index (χ2v) is 10.5. The molecule has 1 saturated heterocycles. The summed E-state index contributed by atoms with van der Waals surface area (Å²) in [6.45, 7) is 9.10. The first kappa shape index (κ1) is 22.4. The first-order chi connectivity index (χ1) is 12.3. The molecule has 0 unspecified atom stereocenters. The number of aryl methyl sites for hydroxylation is 2. The largest absolute Gasteiger partial charge is 0.357 e. The Labute approximate surface area is 180 Å². The van der Waals surface area contributed by atoms with Gasteiger partial charge in [-0.2, -0.15) is 0 Å². The number of guanidine groups is 1. The van der Waals surface area contributed by atoms with Gasteiger partial charge >= 0.3 is 0 Å². The summed E-state index contributed by atoms with van der Waals surface area (Å²) >= 11 is 0. The molecule has 0 saturated carbocycles. The van der Waals surface area contributed by atoms with Crippen LogP contribution in [0.2, 0.25) is 0 Å². The fraction of sp³-hybridized carbons (Fsp3) is 0.778. The molecule has 0 aromatic carbocycles. The normalized spacial score (nSPS) is 21.3. The quantitative estimate of drug-likeness (QED) is 0.381. The molecule has 1 fully saturated rings. The minimum absolute atomic E-state index is 0. The van der Waals surface area contributed by atoms with E-state index in [0.29, 0.717) is 19.6 Å². The van der Waals surface area contributed by atoms with Gasteiger partial charge < -0.3 is 14.8 Å². The Morgan fingerprint density at radius 3 is 2.78 bits per heavy atom. The van der Waals surface area contributed by atoms with E-state index in [9.17, 15) is 8.42 Å². The Balaban J connectivity index is 0.00000261. The van der Waals surface area contributed by atoms with Gasteiger partial charge in [-0.05, 0) is 33.6 Å². The highest BCUT2D eigenvalue weighted by molar-refractivity contribution is 14.0. The molecule has 0 atom stereocenters.